The number of ether oxygens (including phenoxy) is 2. The van der Waals surface area contributed by atoms with Gasteiger partial charge in [-0.15, -0.1) is 0 Å². The van der Waals surface area contributed by atoms with Crippen LogP contribution >= 0.6 is 0 Å². The summed E-state index contributed by atoms with van der Waals surface area (Å²) in [5, 5.41) is 38.3. The summed E-state index contributed by atoms with van der Waals surface area (Å²) in [5.74, 6) is 0.473. The van der Waals surface area contributed by atoms with E-state index in [0.717, 1.165) is 19.3 Å². The maximum atomic E-state index is 9.84. The van der Waals surface area contributed by atoms with Crippen molar-refractivity contribution in [3.8, 4) is 0 Å². The van der Waals surface area contributed by atoms with Crippen LogP contribution in [0.4, 0.5) is 0 Å². The smallest absolute Gasteiger partial charge is 0.186 e. The number of hydrogen-bond acceptors (Lipinski definition) is 6. The third kappa shape index (κ3) is 5.95. The molecule has 0 amide bonds. The second-order valence-electron chi connectivity index (χ2n) is 6.32. The van der Waals surface area contributed by atoms with Gasteiger partial charge in [-0.25, -0.2) is 0 Å². The summed E-state index contributed by atoms with van der Waals surface area (Å²) in [5.41, 5.74) is 1.31. The zero-order valence-corrected chi connectivity index (χ0v) is 13.7. The SMILES string of the molecule is CC(C)=CCCC(C)CCO[C@H]1O[C@H](CO)[C@@H](O)[C@H](O)[C@H]1O. The summed E-state index contributed by atoms with van der Waals surface area (Å²) in [6.07, 6.45) is -0.889. The molecule has 1 aliphatic heterocycles. The monoisotopic (exact) mass is 318 g/mol. The topological polar surface area (TPSA) is 99.4 Å². The normalized spacial score (nSPS) is 33.5. The molecule has 0 aromatic carbocycles. The van der Waals surface area contributed by atoms with Gasteiger partial charge in [0.15, 0.2) is 6.29 Å². The van der Waals surface area contributed by atoms with E-state index in [4.69, 9.17) is 14.6 Å². The minimum absolute atomic E-state index is 0.388. The van der Waals surface area contributed by atoms with Crippen LogP contribution in [0.2, 0.25) is 0 Å². The van der Waals surface area contributed by atoms with Crippen LogP contribution in [0.3, 0.4) is 0 Å². The highest BCUT2D eigenvalue weighted by Gasteiger charge is 2.43. The molecule has 22 heavy (non-hydrogen) atoms. The van der Waals surface area contributed by atoms with Gasteiger partial charge in [-0.05, 0) is 39.0 Å². The van der Waals surface area contributed by atoms with Gasteiger partial charge in [0.25, 0.3) is 0 Å². The van der Waals surface area contributed by atoms with Crippen LogP contribution < -0.4 is 0 Å². The molecule has 6 nitrogen and oxygen atoms in total. The molecule has 0 bridgehead atoms. The second kappa shape index (κ2) is 9.60. The van der Waals surface area contributed by atoms with Gasteiger partial charge in [0.2, 0.25) is 0 Å². The van der Waals surface area contributed by atoms with Crippen molar-refractivity contribution < 1.29 is 29.9 Å². The zero-order chi connectivity index (χ0) is 16.7. The lowest BCUT2D eigenvalue weighted by Crippen LogP contribution is -2.59. The van der Waals surface area contributed by atoms with Gasteiger partial charge in [0, 0.05) is 0 Å². The molecule has 0 aromatic rings. The number of allylic oxidation sites excluding steroid dienone is 2. The van der Waals surface area contributed by atoms with Crippen molar-refractivity contribution in [2.75, 3.05) is 13.2 Å². The zero-order valence-electron chi connectivity index (χ0n) is 13.7. The Balaban J connectivity index is 2.32. The van der Waals surface area contributed by atoms with E-state index in [1.807, 2.05) is 0 Å². The fourth-order valence-electron chi connectivity index (χ4n) is 2.39. The standard InChI is InChI=1S/C16H30O6/c1-10(2)5-4-6-11(3)7-8-21-16-15(20)14(19)13(18)12(9-17)22-16/h5,11-20H,4,6-9H2,1-3H3/t11?,12-,13-,14+,15-,16+/m1/s1. The predicted molar refractivity (Wildman–Crippen MR) is 82.2 cm³/mol. The van der Waals surface area contributed by atoms with Gasteiger partial charge in [-0.3, -0.25) is 0 Å². The molecule has 4 N–H and O–H groups in total. The van der Waals surface area contributed by atoms with Crippen LogP contribution in [0, 0.1) is 5.92 Å². The lowest BCUT2D eigenvalue weighted by molar-refractivity contribution is -0.301. The quantitative estimate of drug-likeness (QED) is 0.489. The molecule has 6 atom stereocenters. The number of aliphatic hydroxyl groups excluding tert-OH is 4. The molecule has 1 saturated heterocycles. The summed E-state index contributed by atoms with van der Waals surface area (Å²) in [4.78, 5) is 0. The van der Waals surface area contributed by atoms with Crippen LogP contribution in [-0.4, -0.2) is 64.3 Å². The van der Waals surface area contributed by atoms with Crippen LogP contribution in [0.15, 0.2) is 11.6 Å². The van der Waals surface area contributed by atoms with Gasteiger partial charge in [-0.1, -0.05) is 18.6 Å². The summed E-state index contributed by atoms with van der Waals surface area (Å²) in [6, 6.07) is 0. The molecule has 0 radical (unpaired) electrons. The van der Waals surface area contributed by atoms with Gasteiger partial charge in [0.1, 0.15) is 24.4 Å². The lowest BCUT2D eigenvalue weighted by atomic mass is 9.99. The van der Waals surface area contributed by atoms with E-state index in [1.165, 1.54) is 5.57 Å². The average Bonchev–Trinajstić information content (AvgIpc) is 2.47. The molecule has 6 heteroatoms. The molecule has 1 aliphatic rings. The van der Waals surface area contributed by atoms with E-state index in [1.54, 1.807) is 0 Å². The number of rotatable bonds is 8. The second-order valence-corrected chi connectivity index (χ2v) is 6.32. The van der Waals surface area contributed by atoms with Gasteiger partial charge in [-0.2, -0.15) is 0 Å². The number of aliphatic hydroxyl groups is 4. The van der Waals surface area contributed by atoms with Crippen molar-refractivity contribution in [1.82, 2.24) is 0 Å². The maximum absolute atomic E-state index is 9.84. The Morgan fingerprint density at radius 3 is 2.41 bits per heavy atom. The Morgan fingerprint density at radius 1 is 1.14 bits per heavy atom. The van der Waals surface area contributed by atoms with E-state index in [9.17, 15) is 15.3 Å². The first kappa shape index (κ1) is 19.5. The molecule has 1 fully saturated rings. The Labute approximate surface area is 132 Å². The Bertz CT molecular complexity index is 340. The fraction of sp³-hybridized carbons (Fsp3) is 0.875. The Kier molecular flexibility index (Phi) is 8.53. The molecule has 130 valence electrons. The highest BCUT2D eigenvalue weighted by Crippen LogP contribution is 2.22. The van der Waals surface area contributed by atoms with Crippen LogP contribution in [0.25, 0.3) is 0 Å². The van der Waals surface area contributed by atoms with Crippen LogP contribution in [0.5, 0.6) is 0 Å². The summed E-state index contributed by atoms with van der Waals surface area (Å²) in [6.45, 7) is 6.23. The molecule has 1 rings (SSSR count). The average molecular weight is 318 g/mol. The minimum Gasteiger partial charge on any atom is -0.394 e. The van der Waals surface area contributed by atoms with Gasteiger partial charge in [0.05, 0.1) is 13.2 Å². The molecular weight excluding hydrogens is 288 g/mol. The third-order valence-electron chi connectivity index (χ3n) is 3.95. The first-order valence-corrected chi connectivity index (χ1v) is 7.92. The van der Waals surface area contributed by atoms with Crippen molar-refractivity contribution in [3.05, 3.63) is 11.6 Å². The van der Waals surface area contributed by atoms with E-state index < -0.39 is 37.3 Å². The lowest BCUT2D eigenvalue weighted by Gasteiger charge is -2.39. The highest BCUT2D eigenvalue weighted by molar-refractivity contribution is 4.92. The molecular formula is C16H30O6. The minimum atomic E-state index is -1.38. The molecule has 1 heterocycles. The van der Waals surface area contributed by atoms with Crippen molar-refractivity contribution in [3.63, 3.8) is 0 Å². The van der Waals surface area contributed by atoms with Gasteiger partial charge < -0.3 is 29.9 Å². The molecule has 0 spiro atoms. The van der Waals surface area contributed by atoms with Crippen LogP contribution in [0.1, 0.15) is 40.0 Å². The first-order valence-electron chi connectivity index (χ1n) is 7.92. The summed E-state index contributed by atoms with van der Waals surface area (Å²) >= 11 is 0. The van der Waals surface area contributed by atoms with Crippen molar-refractivity contribution in [2.45, 2.75) is 70.7 Å². The molecule has 0 saturated carbocycles. The molecule has 0 aromatic heterocycles. The number of hydrogen-bond donors (Lipinski definition) is 4. The largest absolute Gasteiger partial charge is 0.394 e. The van der Waals surface area contributed by atoms with E-state index in [0.29, 0.717) is 12.5 Å². The predicted octanol–water partition coefficient (Wildman–Crippen LogP) is 0.575. The fourth-order valence-corrected chi connectivity index (χ4v) is 2.39. The van der Waals surface area contributed by atoms with Crippen molar-refractivity contribution in [1.29, 1.82) is 0 Å². The van der Waals surface area contributed by atoms with Crippen molar-refractivity contribution in [2.24, 2.45) is 5.92 Å². The third-order valence-corrected chi connectivity index (χ3v) is 3.95. The molecule has 0 aliphatic carbocycles. The Hall–Kier alpha value is -0.500. The summed E-state index contributed by atoms with van der Waals surface area (Å²) in [7, 11) is 0. The highest BCUT2D eigenvalue weighted by atomic mass is 16.7. The van der Waals surface area contributed by atoms with E-state index in [2.05, 4.69) is 26.8 Å². The van der Waals surface area contributed by atoms with Crippen molar-refractivity contribution >= 4 is 0 Å². The van der Waals surface area contributed by atoms with E-state index >= 15 is 0 Å². The van der Waals surface area contributed by atoms with E-state index in [-0.39, 0.29) is 0 Å². The van der Waals surface area contributed by atoms with Crippen LogP contribution in [-0.2, 0) is 9.47 Å². The summed E-state index contributed by atoms with van der Waals surface area (Å²) < 4.78 is 10.8. The first-order chi connectivity index (χ1) is 10.4. The Morgan fingerprint density at radius 2 is 1.82 bits per heavy atom. The maximum Gasteiger partial charge on any atom is 0.186 e. The molecule has 1 unspecified atom stereocenters. The van der Waals surface area contributed by atoms with Gasteiger partial charge >= 0.3 is 0 Å².